The summed E-state index contributed by atoms with van der Waals surface area (Å²) in [4.78, 5) is 12.3. The Balaban J connectivity index is 1.58. The zero-order valence-electron chi connectivity index (χ0n) is 15.1. The molecule has 9 heteroatoms. The van der Waals surface area contributed by atoms with Crippen LogP contribution in [0.25, 0.3) is 0 Å². The highest BCUT2D eigenvalue weighted by Crippen LogP contribution is 2.23. The second-order valence-electron chi connectivity index (χ2n) is 6.52. The predicted molar refractivity (Wildman–Crippen MR) is 108 cm³/mol. The maximum Gasteiger partial charge on any atom is 0.243 e. The first-order valence-corrected chi connectivity index (χ1v) is 10.8. The Morgan fingerprint density at radius 2 is 1.75 bits per heavy atom. The smallest absolute Gasteiger partial charge is 0.243 e. The molecule has 0 radical (unpaired) electrons. The molecule has 0 spiro atoms. The number of nitrogens with one attached hydrogen (secondary N) is 2. The summed E-state index contributed by atoms with van der Waals surface area (Å²) in [6.07, 6.45) is 2.80. The van der Waals surface area contributed by atoms with Gasteiger partial charge in [-0.3, -0.25) is 4.79 Å². The molecule has 2 aromatic rings. The molecule has 1 amide bonds. The highest BCUT2D eigenvalue weighted by atomic mass is 35.5. The van der Waals surface area contributed by atoms with Gasteiger partial charge in [-0.05, 0) is 55.3 Å². The summed E-state index contributed by atoms with van der Waals surface area (Å²) < 4.78 is 39.8. The quantitative estimate of drug-likeness (QED) is 0.739. The number of benzene rings is 2. The second kappa shape index (κ2) is 8.89. The van der Waals surface area contributed by atoms with Crippen molar-refractivity contribution in [3.8, 4) is 0 Å². The van der Waals surface area contributed by atoms with E-state index in [1.807, 2.05) is 0 Å². The topological polar surface area (TPSA) is 78.5 Å². The van der Waals surface area contributed by atoms with Crippen molar-refractivity contribution in [3.05, 3.63) is 53.3 Å². The fourth-order valence-corrected chi connectivity index (χ4v) is 4.73. The van der Waals surface area contributed by atoms with Gasteiger partial charge < -0.3 is 10.6 Å². The van der Waals surface area contributed by atoms with Crippen LogP contribution in [-0.4, -0.2) is 38.3 Å². The summed E-state index contributed by atoms with van der Waals surface area (Å²) in [6, 6.07) is 9.94. The fourth-order valence-electron chi connectivity index (χ4n) is 2.98. The van der Waals surface area contributed by atoms with Gasteiger partial charge in [-0.1, -0.05) is 18.0 Å². The van der Waals surface area contributed by atoms with E-state index in [2.05, 4.69) is 10.6 Å². The molecular formula is C19H21ClFN3O3S. The van der Waals surface area contributed by atoms with Crippen molar-refractivity contribution in [1.82, 2.24) is 4.31 Å². The number of hydrogen-bond donors (Lipinski definition) is 2. The zero-order valence-corrected chi connectivity index (χ0v) is 16.7. The normalized spacial score (nSPS) is 15.2. The van der Waals surface area contributed by atoms with Crippen LogP contribution in [0, 0.1) is 5.82 Å². The summed E-state index contributed by atoms with van der Waals surface area (Å²) in [5.74, 6) is -0.799. The van der Waals surface area contributed by atoms with Crippen LogP contribution < -0.4 is 10.6 Å². The Hall–Kier alpha value is -2.16. The first kappa shape index (κ1) is 20.6. The second-order valence-corrected chi connectivity index (χ2v) is 8.86. The van der Waals surface area contributed by atoms with Crippen LogP contribution in [0.2, 0.25) is 5.02 Å². The van der Waals surface area contributed by atoms with Crippen molar-refractivity contribution < 1.29 is 17.6 Å². The molecule has 1 aliphatic heterocycles. The molecule has 0 saturated carbocycles. The van der Waals surface area contributed by atoms with Gasteiger partial charge in [0, 0.05) is 18.8 Å². The van der Waals surface area contributed by atoms with Gasteiger partial charge in [0.05, 0.1) is 22.2 Å². The van der Waals surface area contributed by atoms with Crippen molar-refractivity contribution in [2.24, 2.45) is 0 Å². The van der Waals surface area contributed by atoms with Gasteiger partial charge in [-0.25, -0.2) is 12.8 Å². The standard InChI is InChI=1S/C19H21ClFN3O3S/c20-17-12-14(21)4-9-18(17)22-13-19(25)23-15-5-7-16(8-6-15)28(26,27)24-10-2-1-3-11-24/h4-9,12,22H,1-3,10-11,13H2,(H,23,25). The number of amides is 1. The molecule has 2 N–H and O–H groups in total. The van der Waals surface area contributed by atoms with Crippen LogP contribution in [0.4, 0.5) is 15.8 Å². The summed E-state index contributed by atoms with van der Waals surface area (Å²) >= 11 is 5.90. The van der Waals surface area contributed by atoms with E-state index in [4.69, 9.17) is 11.6 Å². The maximum absolute atomic E-state index is 13.0. The first-order chi connectivity index (χ1) is 13.4. The molecule has 1 heterocycles. The largest absolute Gasteiger partial charge is 0.375 e. The molecule has 1 aliphatic rings. The maximum atomic E-state index is 13.0. The van der Waals surface area contributed by atoms with Crippen molar-refractivity contribution in [2.75, 3.05) is 30.3 Å². The third-order valence-corrected chi connectivity index (χ3v) is 6.69. The van der Waals surface area contributed by atoms with Crippen LogP contribution in [0.5, 0.6) is 0 Å². The lowest BCUT2D eigenvalue weighted by molar-refractivity contribution is -0.114. The Morgan fingerprint density at radius 3 is 2.39 bits per heavy atom. The Bertz CT molecular complexity index is 945. The third-order valence-electron chi connectivity index (χ3n) is 4.46. The van der Waals surface area contributed by atoms with Gasteiger partial charge in [0.15, 0.2) is 0 Å². The number of carbonyl (C=O) groups excluding carboxylic acids is 1. The number of hydrogen-bond acceptors (Lipinski definition) is 4. The van der Waals surface area contributed by atoms with Gasteiger partial charge in [0.25, 0.3) is 0 Å². The minimum atomic E-state index is -3.50. The molecule has 0 unspecified atom stereocenters. The number of piperidine rings is 1. The third kappa shape index (κ3) is 5.01. The van der Waals surface area contributed by atoms with Gasteiger partial charge in [0.2, 0.25) is 15.9 Å². The monoisotopic (exact) mass is 425 g/mol. The van der Waals surface area contributed by atoms with Gasteiger partial charge in [0.1, 0.15) is 5.82 Å². The van der Waals surface area contributed by atoms with Crippen LogP contribution in [0.15, 0.2) is 47.4 Å². The first-order valence-electron chi connectivity index (χ1n) is 8.95. The van der Waals surface area contributed by atoms with Gasteiger partial charge in [-0.15, -0.1) is 0 Å². The molecule has 1 fully saturated rings. The average molecular weight is 426 g/mol. The van der Waals surface area contributed by atoms with E-state index in [-0.39, 0.29) is 22.4 Å². The lowest BCUT2D eigenvalue weighted by atomic mass is 10.2. The summed E-state index contributed by atoms with van der Waals surface area (Å²) in [7, 11) is -3.50. The van der Waals surface area contributed by atoms with Crippen molar-refractivity contribution in [3.63, 3.8) is 0 Å². The molecule has 0 atom stereocenters. The number of halogens is 2. The van der Waals surface area contributed by atoms with Crippen LogP contribution >= 0.6 is 11.6 Å². The lowest BCUT2D eigenvalue weighted by Gasteiger charge is -2.25. The molecule has 150 valence electrons. The SMILES string of the molecule is O=C(CNc1ccc(F)cc1Cl)Nc1ccc(S(=O)(=O)N2CCCCC2)cc1. The summed E-state index contributed by atoms with van der Waals surface area (Å²) in [5, 5.41) is 5.68. The van der Waals surface area contributed by atoms with Crippen molar-refractivity contribution in [2.45, 2.75) is 24.2 Å². The van der Waals surface area contributed by atoms with E-state index >= 15 is 0 Å². The van der Waals surface area contributed by atoms with E-state index in [0.29, 0.717) is 24.5 Å². The minimum absolute atomic E-state index is 0.0703. The molecule has 0 bridgehead atoms. The van der Waals surface area contributed by atoms with E-state index in [1.54, 1.807) is 12.1 Å². The van der Waals surface area contributed by atoms with Gasteiger partial charge in [-0.2, -0.15) is 4.31 Å². The molecular weight excluding hydrogens is 405 g/mol. The zero-order chi connectivity index (χ0) is 20.1. The Labute approximate surface area is 168 Å². The van der Waals surface area contributed by atoms with Gasteiger partial charge >= 0.3 is 0 Å². The fraction of sp³-hybridized carbons (Fsp3) is 0.316. The highest BCUT2D eigenvalue weighted by molar-refractivity contribution is 7.89. The highest BCUT2D eigenvalue weighted by Gasteiger charge is 2.25. The Morgan fingerprint density at radius 1 is 1.07 bits per heavy atom. The molecule has 2 aromatic carbocycles. The van der Waals surface area contributed by atoms with E-state index in [9.17, 15) is 17.6 Å². The number of rotatable bonds is 6. The van der Waals surface area contributed by atoms with Crippen molar-refractivity contribution >= 4 is 38.9 Å². The van der Waals surface area contributed by atoms with Crippen LogP contribution in [0.3, 0.4) is 0 Å². The average Bonchev–Trinajstić information content (AvgIpc) is 2.68. The van der Waals surface area contributed by atoms with Crippen molar-refractivity contribution in [1.29, 1.82) is 0 Å². The lowest BCUT2D eigenvalue weighted by Crippen LogP contribution is -2.35. The molecule has 3 rings (SSSR count). The molecule has 0 aromatic heterocycles. The molecule has 6 nitrogen and oxygen atoms in total. The van der Waals surface area contributed by atoms with E-state index in [0.717, 1.165) is 25.3 Å². The predicted octanol–water partition coefficient (Wildman–Crippen LogP) is 3.70. The van der Waals surface area contributed by atoms with Crippen LogP contribution in [0.1, 0.15) is 19.3 Å². The molecule has 28 heavy (non-hydrogen) atoms. The van der Waals surface area contributed by atoms with Crippen LogP contribution in [-0.2, 0) is 14.8 Å². The number of nitrogens with zero attached hydrogens (tertiary/aromatic N) is 1. The number of anilines is 2. The molecule has 1 saturated heterocycles. The Kier molecular flexibility index (Phi) is 6.53. The summed E-state index contributed by atoms with van der Waals surface area (Å²) in [6.45, 7) is 1.01. The summed E-state index contributed by atoms with van der Waals surface area (Å²) in [5.41, 5.74) is 0.927. The van der Waals surface area contributed by atoms with E-state index < -0.39 is 15.8 Å². The van der Waals surface area contributed by atoms with E-state index in [1.165, 1.54) is 28.6 Å². The molecule has 0 aliphatic carbocycles. The number of carbonyl (C=O) groups is 1. The number of sulfonamides is 1. The minimum Gasteiger partial charge on any atom is -0.375 e.